The molecular formula is C13H18ClN3O4S. The van der Waals surface area contributed by atoms with Crippen LogP contribution in [-0.2, 0) is 10.2 Å². The lowest BCUT2D eigenvalue weighted by Gasteiger charge is -2.36. The minimum absolute atomic E-state index is 0.0519. The van der Waals surface area contributed by atoms with Crippen LogP contribution in [0.3, 0.4) is 0 Å². The average Bonchev–Trinajstić information content (AvgIpc) is 2.46. The van der Waals surface area contributed by atoms with Gasteiger partial charge in [0.1, 0.15) is 5.75 Å². The second kappa shape index (κ2) is 6.82. The van der Waals surface area contributed by atoms with E-state index >= 15 is 0 Å². The minimum atomic E-state index is -3.81. The fraction of sp³-hybridized carbons (Fsp3) is 0.462. The standard InChI is InChI=1S/C13H18ClN3O4S/c14-12-5-4-10(18)7-11(12)13(19)17-6-2-1-3-9(17)8-16-22(15,20)21/h4-5,7,9,16,18H,1-3,6,8H2,(H2,15,20,21). The summed E-state index contributed by atoms with van der Waals surface area (Å²) in [7, 11) is -3.81. The van der Waals surface area contributed by atoms with Gasteiger partial charge in [0.15, 0.2) is 0 Å². The van der Waals surface area contributed by atoms with Crippen LogP contribution in [0.15, 0.2) is 18.2 Å². The first kappa shape index (κ1) is 17.0. The van der Waals surface area contributed by atoms with Crippen LogP contribution in [0.25, 0.3) is 0 Å². The smallest absolute Gasteiger partial charge is 0.274 e. The van der Waals surface area contributed by atoms with Crippen LogP contribution < -0.4 is 9.86 Å². The lowest BCUT2D eigenvalue weighted by molar-refractivity contribution is 0.0618. The first-order valence-corrected chi connectivity index (χ1v) is 8.77. The number of aromatic hydroxyl groups is 1. The Morgan fingerprint density at radius 3 is 2.86 bits per heavy atom. The highest BCUT2D eigenvalue weighted by molar-refractivity contribution is 7.87. The molecule has 2 rings (SSSR count). The van der Waals surface area contributed by atoms with Crippen molar-refractivity contribution < 1.29 is 18.3 Å². The molecule has 0 radical (unpaired) electrons. The number of phenolic OH excluding ortho intramolecular Hbond substituents is 1. The summed E-state index contributed by atoms with van der Waals surface area (Å²) in [5.74, 6) is -0.384. The van der Waals surface area contributed by atoms with Gasteiger partial charge in [-0.3, -0.25) is 4.79 Å². The van der Waals surface area contributed by atoms with Crippen molar-refractivity contribution in [3.05, 3.63) is 28.8 Å². The van der Waals surface area contributed by atoms with Crippen LogP contribution >= 0.6 is 11.6 Å². The van der Waals surface area contributed by atoms with Gasteiger partial charge >= 0.3 is 0 Å². The normalized spacial score (nSPS) is 19.2. The van der Waals surface area contributed by atoms with Crippen molar-refractivity contribution in [2.24, 2.45) is 5.14 Å². The van der Waals surface area contributed by atoms with Crippen LogP contribution in [0.2, 0.25) is 5.02 Å². The van der Waals surface area contributed by atoms with Crippen LogP contribution in [0.4, 0.5) is 0 Å². The molecule has 0 aromatic heterocycles. The topological polar surface area (TPSA) is 113 Å². The number of phenols is 1. The van der Waals surface area contributed by atoms with Crippen molar-refractivity contribution in [2.45, 2.75) is 25.3 Å². The predicted molar refractivity (Wildman–Crippen MR) is 82.9 cm³/mol. The van der Waals surface area contributed by atoms with E-state index in [1.54, 1.807) is 4.90 Å². The average molecular weight is 348 g/mol. The van der Waals surface area contributed by atoms with E-state index in [4.69, 9.17) is 16.7 Å². The molecule has 1 aliphatic heterocycles. The van der Waals surface area contributed by atoms with Gasteiger partial charge in [-0.1, -0.05) is 11.6 Å². The Morgan fingerprint density at radius 2 is 2.18 bits per heavy atom. The van der Waals surface area contributed by atoms with E-state index in [-0.39, 0.29) is 34.8 Å². The highest BCUT2D eigenvalue weighted by atomic mass is 35.5. The number of likely N-dealkylation sites (tertiary alicyclic amines) is 1. The van der Waals surface area contributed by atoms with E-state index in [9.17, 15) is 18.3 Å². The molecular weight excluding hydrogens is 330 g/mol. The Morgan fingerprint density at radius 1 is 1.45 bits per heavy atom. The van der Waals surface area contributed by atoms with Crippen LogP contribution in [0.1, 0.15) is 29.6 Å². The monoisotopic (exact) mass is 347 g/mol. The van der Waals surface area contributed by atoms with Gasteiger partial charge in [0, 0.05) is 19.1 Å². The molecule has 1 aromatic rings. The van der Waals surface area contributed by atoms with Gasteiger partial charge in [-0.25, -0.2) is 9.86 Å². The number of carbonyl (C=O) groups excluding carboxylic acids is 1. The van der Waals surface area contributed by atoms with E-state index in [1.165, 1.54) is 18.2 Å². The summed E-state index contributed by atoms with van der Waals surface area (Å²) in [5, 5.41) is 14.7. The molecule has 1 fully saturated rings. The van der Waals surface area contributed by atoms with Gasteiger partial charge in [-0.05, 0) is 37.5 Å². The molecule has 4 N–H and O–H groups in total. The molecule has 7 nitrogen and oxygen atoms in total. The molecule has 1 saturated heterocycles. The number of nitrogens with zero attached hydrogens (tertiary/aromatic N) is 1. The zero-order valence-corrected chi connectivity index (χ0v) is 13.4. The molecule has 9 heteroatoms. The largest absolute Gasteiger partial charge is 0.508 e. The highest BCUT2D eigenvalue weighted by Crippen LogP contribution is 2.26. The van der Waals surface area contributed by atoms with Crippen molar-refractivity contribution >= 4 is 27.7 Å². The first-order valence-electron chi connectivity index (χ1n) is 6.85. The zero-order chi connectivity index (χ0) is 16.3. The fourth-order valence-corrected chi connectivity index (χ4v) is 3.15. The van der Waals surface area contributed by atoms with Crippen LogP contribution in [0.5, 0.6) is 5.75 Å². The van der Waals surface area contributed by atoms with E-state index in [0.29, 0.717) is 13.0 Å². The van der Waals surface area contributed by atoms with Gasteiger partial charge in [0.2, 0.25) is 0 Å². The zero-order valence-electron chi connectivity index (χ0n) is 11.8. The SMILES string of the molecule is NS(=O)(=O)NCC1CCCCN1C(=O)c1cc(O)ccc1Cl. The maximum absolute atomic E-state index is 12.6. The van der Waals surface area contributed by atoms with Crippen molar-refractivity contribution in [1.29, 1.82) is 0 Å². The third-order valence-electron chi connectivity index (χ3n) is 3.59. The number of amides is 1. The first-order chi connectivity index (χ1) is 10.3. The number of carbonyl (C=O) groups is 1. The summed E-state index contributed by atoms with van der Waals surface area (Å²) < 4.78 is 24.3. The summed E-state index contributed by atoms with van der Waals surface area (Å²) in [4.78, 5) is 14.2. The molecule has 0 saturated carbocycles. The van der Waals surface area contributed by atoms with E-state index in [2.05, 4.69) is 4.72 Å². The number of halogens is 1. The molecule has 1 unspecified atom stereocenters. The van der Waals surface area contributed by atoms with Crippen molar-refractivity contribution in [2.75, 3.05) is 13.1 Å². The molecule has 0 spiro atoms. The molecule has 1 aliphatic rings. The molecule has 1 heterocycles. The van der Waals surface area contributed by atoms with Gasteiger partial charge in [-0.2, -0.15) is 8.42 Å². The van der Waals surface area contributed by atoms with Crippen molar-refractivity contribution in [3.8, 4) is 5.75 Å². The molecule has 0 bridgehead atoms. The van der Waals surface area contributed by atoms with Gasteiger partial charge in [0.25, 0.3) is 16.1 Å². The molecule has 22 heavy (non-hydrogen) atoms. The summed E-state index contributed by atoms with van der Waals surface area (Å²) in [6.45, 7) is 0.558. The lowest BCUT2D eigenvalue weighted by atomic mass is 10.0. The molecule has 1 amide bonds. The maximum atomic E-state index is 12.6. The third-order valence-corrected chi connectivity index (χ3v) is 4.49. The number of nitrogens with two attached hydrogens (primary N) is 1. The fourth-order valence-electron chi connectivity index (χ4n) is 2.52. The van der Waals surface area contributed by atoms with Crippen molar-refractivity contribution in [1.82, 2.24) is 9.62 Å². The Balaban J connectivity index is 2.19. The number of hydrogen-bond acceptors (Lipinski definition) is 4. The van der Waals surface area contributed by atoms with E-state index in [1.807, 2.05) is 0 Å². The van der Waals surface area contributed by atoms with Gasteiger partial charge in [-0.15, -0.1) is 0 Å². The third kappa shape index (κ3) is 4.33. The number of benzene rings is 1. The summed E-state index contributed by atoms with van der Waals surface area (Å²) in [6.07, 6.45) is 2.40. The Hall–Kier alpha value is -1.35. The minimum Gasteiger partial charge on any atom is -0.508 e. The Bertz CT molecular complexity index is 665. The number of piperidine rings is 1. The van der Waals surface area contributed by atoms with Gasteiger partial charge < -0.3 is 10.0 Å². The quantitative estimate of drug-likeness (QED) is 0.748. The Labute approximate surface area is 134 Å². The number of nitrogens with one attached hydrogen (secondary N) is 1. The lowest BCUT2D eigenvalue weighted by Crippen LogP contribution is -2.50. The molecule has 1 atom stereocenters. The second-order valence-corrected chi connectivity index (χ2v) is 6.99. The summed E-state index contributed by atoms with van der Waals surface area (Å²) in [6, 6.07) is 3.86. The molecule has 1 aromatic carbocycles. The predicted octanol–water partition coefficient (Wildman–Crippen LogP) is 0.833. The van der Waals surface area contributed by atoms with E-state index in [0.717, 1.165) is 12.8 Å². The summed E-state index contributed by atoms with van der Waals surface area (Å²) in [5.41, 5.74) is 0.198. The number of hydrogen-bond donors (Lipinski definition) is 3. The van der Waals surface area contributed by atoms with Gasteiger partial charge in [0.05, 0.1) is 10.6 Å². The maximum Gasteiger partial charge on any atom is 0.274 e. The van der Waals surface area contributed by atoms with E-state index < -0.39 is 10.2 Å². The second-order valence-electron chi connectivity index (χ2n) is 5.21. The Kier molecular flexibility index (Phi) is 5.28. The molecule has 0 aliphatic carbocycles. The highest BCUT2D eigenvalue weighted by Gasteiger charge is 2.29. The van der Waals surface area contributed by atoms with Crippen LogP contribution in [-0.4, -0.2) is 43.5 Å². The number of rotatable bonds is 4. The summed E-state index contributed by atoms with van der Waals surface area (Å²) >= 11 is 6.02. The molecule has 122 valence electrons. The van der Waals surface area contributed by atoms with Crippen LogP contribution in [0, 0.1) is 0 Å². The van der Waals surface area contributed by atoms with Crippen molar-refractivity contribution in [3.63, 3.8) is 0 Å².